The Bertz CT molecular complexity index is 1050. The summed E-state index contributed by atoms with van der Waals surface area (Å²) in [4.78, 5) is 4.44. The number of nitrogens with zero attached hydrogens (tertiary/aromatic N) is 2. The Kier molecular flexibility index (Phi) is 4.17. The van der Waals surface area contributed by atoms with Crippen LogP contribution in [0.4, 0.5) is 4.39 Å². The van der Waals surface area contributed by atoms with Gasteiger partial charge in [0, 0.05) is 23.8 Å². The van der Waals surface area contributed by atoms with Crippen molar-refractivity contribution in [3.8, 4) is 11.6 Å². The molecule has 0 N–H and O–H groups in total. The molecule has 0 radical (unpaired) electrons. The molecular formula is C22H19FN2O. The SMILES string of the molecule is Cc1c(C)n(Cc2ccccc2)c2c(Oc3ccc(F)cc3)nccc12. The maximum absolute atomic E-state index is 13.2. The number of fused-ring (bicyclic) bond motifs is 1. The van der Waals surface area contributed by atoms with Gasteiger partial charge in [-0.15, -0.1) is 0 Å². The first kappa shape index (κ1) is 16.3. The Morgan fingerprint density at radius 3 is 2.42 bits per heavy atom. The Morgan fingerprint density at radius 1 is 0.962 bits per heavy atom. The minimum absolute atomic E-state index is 0.289. The number of benzene rings is 2. The average molecular weight is 346 g/mol. The van der Waals surface area contributed by atoms with Crippen LogP contribution < -0.4 is 4.74 Å². The number of ether oxygens (including phenoxy) is 1. The first-order chi connectivity index (χ1) is 12.6. The molecule has 0 spiro atoms. The van der Waals surface area contributed by atoms with Crippen LogP contribution in [0.1, 0.15) is 16.8 Å². The quantitative estimate of drug-likeness (QED) is 0.479. The van der Waals surface area contributed by atoms with Gasteiger partial charge < -0.3 is 9.30 Å². The molecule has 2 heterocycles. The average Bonchev–Trinajstić information content (AvgIpc) is 2.90. The molecule has 0 unspecified atom stereocenters. The van der Waals surface area contributed by atoms with Gasteiger partial charge in [-0.3, -0.25) is 0 Å². The smallest absolute Gasteiger partial charge is 0.244 e. The first-order valence-corrected chi connectivity index (χ1v) is 8.55. The largest absolute Gasteiger partial charge is 0.437 e. The molecule has 2 aromatic heterocycles. The van der Waals surface area contributed by atoms with Gasteiger partial charge in [-0.1, -0.05) is 30.3 Å². The number of halogens is 1. The highest BCUT2D eigenvalue weighted by molar-refractivity contribution is 5.89. The van der Waals surface area contributed by atoms with E-state index in [1.54, 1.807) is 18.3 Å². The van der Waals surface area contributed by atoms with Gasteiger partial charge in [0.05, 0.1) is 0 Å². The van der Waals surface area contributed by atoms with Gasteiger partial charge in [0.25, 0.3) is 0 Å². The molecule has 0 saturated carbocycles. The third-order valence-corrected chi connectivity index (χ3v) is 4.72. The second-order valence-corrected chi connectivity index (χ2v) is 6.35. The first-order valence-electron chi connectivity index (χ1n) is 8.55. The zero-order valence-electron chi connectivity index (χ0n) is 14.7. The molecule has 0 fully saturated rings. The van der Waals surface area contributed by atoms with Gasteiger partial charge in [0.15, 0.2) is 0 Å². The number of aryl methyl sites for hydroxylation is 1. The molecule has 130 valence electrons. The second kappa shape index (κ2) is 6.64. The lowest BCUT2D eigenvalue weighted by atomic mass is 10.2. The van der Waals surface area contributed by atoms with Crippen LogP contribution in [0.15, 0.2) is 66.9 Å². The molecule has 26 heavy (non-hydrogen) atoms. The summed E-state index contributed by atoms with van der Waals surface area (Å²) >= 11 is 0. The lowest BCUT2D eigenvalue weighted by molar-refractivity contribution is 0.464. The van der Waals surface area contributed by atoms with Crippen molar-refractivity contribution >= 4 is 10.9 Å². The Morgan fingerprint density at radius 2 is 1.69 bits per heavy atom. The van der Waals surface area contributed by atoms with Crippen LogP contribution in [-0.2, 0) is 6.54 Å². The van der Waals surface area contributed by atoms with E-state index in [1.165, 1.54) is 29.0 Å². The summed E-state index contributed by atoms with van der Waals surface area (Å²) in [6, 6.07) is 18.3. The summed E-state index contributed by atoms with van der Waals surface area (Å²) in [5, 5.41) is 1.12. The van der Waals surface area contributed by atoms with E-state index in [2.05, 4.69) is 35.5 Å². The maximum atomic E-state index is 13.2. The second-order valence-electron chi connectivity index (χ2n) is 6.35. The van der Waals surface area contributed by atoms with Crippen molar-refractivity contribution in [3.05, 3.63) is 89.5 Å². The van der Waals surface area contributed by atoms with E-state index in [9.17, 15) is 4.39 Å². The summed E-state index contributed by atoms with van der Waals surface area (Å²) in [5.74, 6) is 0.804. The van der Waals surface area contributed by atoms with Crippen molar-refractivity contribution in [2.75, 3.05) is 0 Å². The van der Waals surface area contributed by atoms with Crippen LogP contribution in [0.3, 0.4) is 0 Å². The summed E-state index contributed by atoms with van der Waals surface area (Å²) in [6.45, 7) is 4.96. The lowest BCUT2D eigenvalue weighted by Crippen LogP contribution is -2.03. The minimum Gasteiger partial charge on any atom is -0.437 e. The predicted octanol–water partition coefficient (Wildman–Crippen LogP) is 5.63. The van der Waals surface area contributed by atoms with Gasteiger partial charge in [-0.25, -0.2) is 9.37 Å². The standard InChI is InChI=1S/C22H19FN2O/c1-15-16(2)25(14-17-6-4-3-5-7-17)21-20(15)12-13-24-22(21)26-19-10-8-18(23)9-11-19/h3-13H,14H2,1-2H3. The highest BCUT2D eigenvalue weighted by Crippen LogP contribution is 2.33. The molecular weight excluding hydrogens is 327 g/mol. The molecule has 0 aliphatic carbocycles. The van der Waals surface area contributed by atoms with E-state index in [0.717, 1.165) is 17.4 Å². The number of hydrogen-bond acceptors (Lipinski definition) is 2. The third-order valence-electron chi connectivity index (χ3n) is 4.72. The van der Waals surface area contributed by atoms with Crippen molar-refractivity contribution in [1.82, 2.24) is 9.55 Å². The monoisotopic (exact) mass is 346 g/mol. The normalized spacial score (nSPS) is 11.0. The van der Waals surface area contributed by atoms with E-state index >= 15 is 0 Å². The molecule has 3 nitrogen and oxygen atoms in total. The molecule has 0 atom stereocenters. The summed E-state index contributed by atoms with van der Waals surface area (Å²) in [7, 11) is 0. The summed E-state index contributed by atoms with van der Waals surface area (Å²) < 4.78 is 21.4. The zero-order valence-corrected chi connectivity index (χ0v) is 14.7. The fraction of sp³-hybridized carbons (Fsp3) is 0.136. The molecule has 0 amide bonds. The Hall–Kier alpha value is -3.14. The van der Waals surface area contributed by atoms with Crippen LogP contribution >= 0.6 is 0 Å². The molecule has 0 aliphatic heterocycles. The van der Waals surface area contributed by atoms with E-state index in [-0.39, 0.29) is 5.82 Å². The van der Waals surface area contributed by atoms with E-state index in [1.807, 2.05) is 24.3 Å². The van der Waals surface area contributed by atoms with Gasteiger partial charge in [0.2, 0.25) is 5.88 Å². The fourth-order valence-corrected chi connectivity index (χ4v) is 3.22. The van der Waals surface area contributed by atoms with Crippen molar-refractivity contribution in [3.63, 3.8) is 0 Å². The Balaban J connectivity index is 1.83. The number of rotatable bonds is 4. The van der Waals surface area contributed by atoms with E-state index in [4.69, 9.17) is 4.74 Å². The Labute approximate surface area is 151 Å². The molecule has 0 aliphatic rings. The molecule has 4 heteroatoms. The number of hydrogen-bond donors (Lipinski definition) is 0. The van der Waals surface area contributed by atoms with Crippen LogP contribution in [0, 0.1) is 19.7 Å². The topological polar surface area (TPSA) is 27.1 Å². The molecule has 4 rings (SSSR count). The molecule has 4 aromatic rings. The molecule has 0 bridgehead atoms. The van der Waals surface area contributed by atoms with Gasteiger partial charge >= 0.3 is 0 Å². The van der Waals surface area contributed by atoms with Crippen LogP contribution in [0.5, 0.6) is 11.6 Å². The van der Waals surface area contributed by atoms with Gasteiger partial charge in [-0.05, 0) is 55.3 Å². The van der Waals surface area contributed by atoms with E-state index < -0.39 is 0 Å². The van der Waals surface area contributed by atoms with E-state index in [0.29, 0.717) is 11.6 Å². The van der Waals surface area contributed by atoms with Crippen LogP contribution in [-0.4, -0.2) is 9.55 Å². The zero-order chi connectivity index (χ0) is 18.1. The maximum Gasteiger partial charge on any atom is 0.244 e. The lowest BCUT2D eigenvalue weighted by Gasteiger charge is -2.12. The number of pyridine rings is 1. The summed E-state index contributed by atoms with van der Waals surface area (Å²) in [6.07, 6.45) is 1.75. The van der Waals surface area contributed by atoms with Crippen molar-refractivity contribution < 1.29 is 9.13 Å². The number of aromatic nitrogens is 2. The summed E-state index contributed by atoms with van der Waals surface area (Å²) in [5.41, 5.74) is 4.56. The fourth-order valence-electron chi connectivity index (χ4n) is 3.22. The molecule has 0 saturated heterocycles. The molecule has 2 aromatic carbocycles. The van der Waals surface area contributed by atoms with Gasteiger partial charge in [0.1, 0.15) is 17.1 Å². The highest BCUT2D eigenvalue weighted by Gasteiger charge is 2.17. The van der Waals surface area contributed by atoms with Gasteiger partial charge in [-0.2, -0.15) is 0 Å². The third kappa shape index (κ3) is 2.94. The van der Waals surface area contributed by atoms with Crippen LogP contribution in [0.25, 0.3) is 10.9 Å². The minimum atomic E-state index is -0.289. The predicted molar refractivity (Wildman–Crippen MR) is 101 cm³/mol. The van der Waals surface area contributed by atoms with Crippen molar-refractivity contribution in [2.45, 2.75) is 20.4 Å². The highest BCUT2D eigenvalue weighted by atomic mass is 19.1. The van der Waals surface area contributed by atoms with Crippen molar-refractivity contribution in [2.24, 2.45) is 0 Å². The van der Waals surface area contributed by atoms with Crippen molar-refractivity contribution in [1.29, 1.82) is 0 Å². The van der Waals surface area contributed by atoms with Crippen LogP contribution in [0.2, 0.25) is 0 Å².